The second-order valence-corrected chi connectivity index (χ2v) is 7.23. The molecule has 3 rings (SSSR count). The molecule has 2 heterocycles. The molecule has 1 saturated heterocycles. The molecular weight excluding hydrogens is 354 g/mol. The van der Waals surface area contributed by atoms with Crippen molar-refractivity contribution in [2.24, 2.45) is 4.99 Å². The minimum absolute atomic E-state index is 0.398. The van der Waals surface area contributed by atoms with Crippen LogP contribution in [0.4, 0.5) is 0 Å². The largest absolute Gasteiger partial charge is 0.391 e. The van der Waals surface area contributed by atoms with Gasteiger partial charge in [-0.15, -0.1) is 0 Å². The molecule has 1 aliphatic heterocycles. The number of aliphatic imine (C=N–C) groups is 1. The minimum atomic E-state index is -0.479. The van der Waals surface area contributed by atoms with Crippen molar-refractivity contribution in [1.82, 2.24) is 20.3 Å². The molecule has 7 heteroatoms. The Hall–Kier alpha value is -2.38. The molecule has 0 saturated carbocycles. The number of nitrogens with one attached hydrogen (secondary N) is 1. The van der Waals surface area contributed by atoms with E-state index in [1.54, 1.807) is 0 Å². The predicted octanol–water partition coefficient (Wildman–Crippen LogP) is 1.67. The van der Waals surface area contributed by atoms with Gasteiger partial charge in [-0.05, 0) is 19.4 Å². The number of aliphatic hydroxyl groups excluding tert-OH is 1. The van der Waals surface area contributed by atoms with Crippen LogP contribution in [0.15, 0.2) is 45.9 Å². The molecule has 1 unspecified atom stereocenters. The summed E-state index contributed by atoms with van der Waals surface area (Å²) in [4.78, 5) is 9.32. The van der Waals surface area contributed by atoms with Gasteiger partial charge in [0.1, 0.15) is 5.76 Å². The number of rotatable bonds is 7. The van der Waals surface area contributed by atoms with Crippen molar-refractivity contribution >= 4 is 5.96 Å². The summed E-state index contributed by atoms with van der Waals surface area (Å²) < 4.78 is 5.15. The Morgan fingerprint density at radius 2 is 2.00 bits per heavy atom. The van der Waals surface area contributed by atoms with Crippen LogP contribution in [0, 0.1) is 6.92 Å². The van der Waals surface area contributed by atoms with Crippen LogP contribution in [0.2, 0.25) is 0 Å². The smallest absolute Gasteiger partial charge is 0.194 e. The Labute approximate surface area is 167 Å². The summed E-state index contributed by atoms with van der Waals surface area (Å²) in [6.45, 7) is 9.70. The first-order valence-electron chi connectivity index (χ1n) is 10.0. The highest BCUT2D eigenvalue weighted by Crippen LogP contribution is 2.10. The second kappa shape index (κ2) is 10.2. The summed E-state index contributed by atoms with van der Waals surface area (Å²) in [5.74, 6) is 1.73. The summed E-state index contributed by atoms with van der Waals surface area (Å²) in [7, 11) is 0. The lowest BCUT2D eigenvalue weighted by atomic mass is 10.1. The monoisotopic (exact) mass is 385 g/mol. The summed E-state index contributed by atoms with van der Waals surface area (Å²) in [6.07, 6.45) is 0.141. The van der Waals surface area contributed by atoms with Crippen LogP contribution in [0.5, 0.6) is 0 Å². The van der Waals surface area contributed by atoms with E-state index in [4.69, 9.17) is 4.52 Å². The van der Waals surface area contributed by atoms with Gasteiger partial charge in [0, 0.05) is 51.8 Å². The highest BCUT2D eigenvalue weighted by Gasteiger charge is 2.20. The maximum atomic E-state index is 10.3. The Balaban J connectivity index is 1.50. The number of hydrogen-bond donors (Lipinski definition) is 2. The molecule has 1 aromatic carbocycles. The van der Waals surface area contributed by atoms with Gasteiger partial charge in [-0.1, -0.05) is 35.5 Å². The third-order valence-electron chi connectivity index (χ3n) is 4.84. The van der Waals surface area contributed by atoms with Gasteiger partial charge >= 0.3 is 0 Å². The molecule has 1 aromatic heterocycles. The lowest BCUT2D eigenvalue weighted by molar-refractivity contribution is 0.166. The van der Waals surface area contributed by atoms with Crippen molar-refractivity contribution in [3.8, 4) is 0 Å². The van der Waals surface area contributed by atoms with E-state index in [-0.39, 0.29) is 0 Å². The molecule has 0 aliphatic carbocycles. The fourth-order valence-electron chi connectivity index (χ4n) is 3.41. The molecule has 1 atom stereocenters. The van der Waals surface area contributed by atoms with Crippen LogP contribution in [-0.2, 0) is 13.0 Å². The van der Waals surface area contributed by atoms with E-state index in [0.717, 1.165) is 62.2 Å². The highest BCUT2D eigenvalue weighted by molar-refractivity contribution is 5.80. The van der Waals surface area contributed by atoms with Crippen molar-refractivity contribution in [3.05, 3.63) is 53.4 Å². The zero-order valence-electron chi connectivity index (χ0n) is 16.8. The van der Waals surface area contributed by atoms with Crippen LogP contribution < -0.4 is 5.32 Å². The zero-order valence-corrected chi connectivity index (χ0v) is 16.8. The number of nitrogens with zero attached hydrogens (tertiary/aromatic N) is 4. The summed E-state index contributed by atoms with van der Waals surface area (Å²) in [5, 5.41) is 17.8. The third kappa shape index (κ3) is 6.07. The summed E-state index contributed by atoms with van der Waals surface area (Å²) in [5.41, 5.74) is 2.11. The van der Waals surface area contributed by atoms with Crippen molar-refractivity contribution < 1.29 is 9.63 Å². The van der Waals surface area contributed by atoms with Crippen molar-refractivity contribution in [2.45, 2.75) is 32.9 Å². The molecule has 0 radical (unpaired) electrons. The first-order valence-corrected chi connectivity index (χ1v) is 10.0. The molecule has 2 N–H and O–H groups in total. The maximum Gasteiger partial charge on any atom is 0.194 e. The molecule has 1 fully saturated rings. The van der Waals surface area contributed by atoms with Crippen molar-refractivity contribution in [1.29, 1.82) is 0 Å². The highest BCUT2D eigenvalue weighted by atomic mass is 16.5. The first-order chi connectivity index (χ1) is 13.6. The fraction of sp³-hybridized carbons (Fsp3) is 0.524. The van der Waals surface area contributed by atoms with Crippen LogP contribution >= 0.6 is 0 Å². The maximum absolute atomic E-state index is 10.3. The molecular formula is C21H31N5O2. The van der Waals surface area contributed by atoms with E-state index in [2.05, 4.69) is 32.2 Å². The number of benzene rings is 1. The van der Waals surface area contributed by atoms with Crippen molar-refractivity contribution in [2.75, 3.05) is 39.3 Å². The fourth-order valence-corrected chi connectivity index (χ4v) is 3.41. The third-order valence-corrected chi connectivity index (χ3v) is 4.84. The van der Waals surface area contributed by atoms with E-state index >= 15 is 0 Å². The van der Waals surface area contributed by atoms with E-state index in [0.29, 0.717) is 13.0 Å². The van der Waals surface area contributed by atoms with Gasteiger partial charge in [0.25, 0.3) is 0 Å². The second-order valence-electron chi connectivity index (χ2n) is 7.23. The van der Waals surface area contributed by atoms with Gasteiger partial charge in [0.15, 0.2) is 5.96 Å². The predicted molar refractivity (Wildman–Crippen MR) is 110 cm³/mol. The first kappa shape index (κ1) is 20.4. The Morgan fingerprint density at radius 3 is 2.64 bits per heavy atom. The van der Waals surface area contributed by atoms with Gasteiger partial charge in [-0.2, -0.15) is 0 Å². The van der Waals surface area contributed by atoms with E-state index < -0.39 is 6.10 Å². The van der Waals surface area contributed by atoms with E-state index in [1.807, 2.05) is 43.3 Å². The number of aryl methyl sites for hydroxylation is 1. The average molecular weight is 386 g/mol. The van der Waals surface area contributed by atoms with Gasteiger partial charge in [-0.3, -0.25) is 9.89 Å². The normalized spacial score (nSPS) is 17.0. The SMILES string of the molecule is CCNC(=NCC(O)Cc1ccccc1)N1CCN(Cc2cc(C)on2)CC1. The van der Waals surface area contributed by atoms with Gasteiger partial charge in [0.05, 0.1) is 18.3 Å². The van der Waals surface area contributed by atoms with Gasteiger partial charge in [-0.25, -0.2) is 0 Å². The van der Waals surface area contributed by atoms with Crippen LogP contribution in [0.3, 0.4) is 0 Å². The molecule has 7 nitrogen and oxygen atoms in total. The Kier molecular flexibility index (Phi) is 7.45. The zero-order chi connectivity index (χ0) is 19.8. The Bertz CT molecular complexity index is 738. The molecule has 28 heavy (non-hydrogen) atoms. The van der Waals surface area contributed by atoms with E-state index in [9.17, 15) is 5.11 Å². The van der Waals surface area contributed by atoms with E-state index in [1.165, 1.54) is 0 Å². The Morgan fingerprint density at radius 1 is 1.25 bits per heavy atom. The molecule has 0 bridgehead atoms. The summed E-state index contributed by atoms with van der Waals surface area (Å²) in [6, 6.07) is 12.0. The number of hydrogen-bond acceptors (Lipinski definition) is 5. The molecule has 0 spiro atoms. The van der Waals surface area contributed by atoms with Crippen LogP contribution in [0.1, 0.15) is 23.9 Å². The number of guanidine groups is 1. The molecule has 152 valence electrons. The molecule has 0 amide bonds. The molecule has 2 aromatic rings. The topological polar surface area (TPSA) is 77.1 Å². The lowest BCUT2D eigenvalue weighted by Gasteiger charge is -2.36. The van der Waals surface area contributed by atoms with Gasteiger partial charge in [0.2, 0.25) is 0 Å². The van der Waals surface area contributed by atoms with Crippen molar-refractivity contribution in [3.63, 3.8) is 0 Å². The number of aromatic nitrogens is 1. The molecule has 1 aliphatic rings. The standard InChI is InChI=1S/C21H31N5O2/c1-3-22-21(23-15-20(27)14-18-7-5-4-6-8-18)26-11-9-25(10-12-26)16-19-13-17(2)28-24-19/h4-8,13,20,27H,3,9-12,14-16H2,1-2H3,(H,22,23). The lowest BCUT2D eigenvalue weighted by Crippen LogP contribution is -2.52. The quantitative estimate of drug-likeness (QED) is 0.558. The minimum Gasteiger partial charge on any atom is -0.391 e. The van der Waals surface area contributed by atoms with Crippen LogP contribution in [0.25, 0.3) is 0 Å². The van der Waals surface area contributed by atoms with Crippen LogP contribution in [-0.4, -0.2) is 71.4 Å². The van der Waals surface area contributed by atoms with Gasteiger partial charge < -0.3 is 19.8 Å². The summed E-state index contributed by atoms with van der Waals surface area (Å²) >= 11 is 0. The average Bonchev–Trinajstić information content (AvgIpc) is 3.11. The number of piperazine rings is 1. The number of aliphatic hydroxyl groups is 1.